The molecule has 0 nitrogen and oxygen atoms in total. The Labute approximate surface area is 67.4 Å². The van der Waals surface area contributed by atoms with Gasteiger partial charge in [-0.3, -0.25) is 0 Å². The van der Waals surface area contributed by atoms with E-state index in [0.717, 1.165) is 0 Å². The fraction of sp³-hybridized carbons (Fsp3) is 0.714. The third kappa shape index (κ3) is 1.57. The molecular formula is C7H9BrF2. The zero-order chi connectivity index (χ0) is 7.72. The average Bonchev–Trinajstić information content (AvgIpc) is 1.84. The molecule has 1 rings (SSSR count). The molecule has 1 aliphatic carbocycles. The highest BCUT2D eigenvalue weighted by molar-refractivity contribution is 9.09. The number of alkyl halides is 3. The van der Waals surface area contributed by atoms with Crippen LogP contribution >= 0.6 is 15.9 Å². The molecule has 1 aliphatic rings. The maximum absolute atomic E-state index is 12.7. The summed E-state index contributed by atoms with van der Waals surface area (Å²) in [5.74, 6) is 0. The highest BCUT2D eigenvalue weighted by atomic mass is 79.9. The van der Waals surface area contributed by atoms with Crippen LogP contribution in [-0.4, -0.2) is 17.2 Å². The summed E-state index contributed by atoms with van der Waals surface area (Å²) in [6.45, 7) is 3.44. The molecule has 10 heavy (non-hydrogen) atoms. The van der Waals surface area contributed by atoms with E-state index < -0.39 is 12.3 Å². The molecule has 3 unspecified atom stereocenters. The number of rotatable bonds is 0. The van der Waals surface area contributed by atoms with Crippen molar-refractivity contribution in [3.63, 3.8) is 0 Å². The molecule has 0 saturated heterocycles. The van der Waals surface area contributed by atoms with Crippen molar-refractivity contribution in [2.75, 3.05) is 0 Å². The van der Waals surface area contributed by atoms with Crippen LogP contribution in [0.1, 0.15) is 12.8 Å². The first kappa shape index (κ1) is 8.18. The normalized spacial score (nSPS) is 41.9. The Morgan fingerprint density at radius 1 is 1.50 bits per heavy atom. The molecular weight excluding hydrogens is 202 g/mol. The van der Waals surface area contributed by atoms with Crippen LogP contribution in [-0.2, 0) is 0 Å². The monoisotopic (exact) mass is 210 g/mol. The fourth-order valence-corrected chi connectivity index (χ4v) is 1.53. The van der Waals surface area contributed by atoms with Crippen LogP contribution in [0.15, 0.2) is 12.2 Å². The Balaban J connectivity index is 2.54. The van der Waals surface area contributed by atoms with Gasteiger partial charge in [0.15, 0.2) is 0 Å². The molecule has 0 aliphatic heterocycles. The third-order valence-electron chi connectivity index (χ3n) is 1.72. The minimum absolute atomic E-state index is 0.164. The fourth-order valence-electron chi connectivity index (χ4n) is 1.02. The number of hydrogen-bond acceptors (Lipinski definition) is 0. The van der Waals surface area contributed by atoms with Crippen molar-refractivity contribution in [2.45, 2.75) is 30.0 Å². The van der Waals surface area contributed by atoms with E-state index >= 15 is 0 Å². The van der Waals surface area contributed by atoms with E-state index in [2.05, 4.69) is 22.5 Å². The van der Waals surface area contributed by atoms with Gasteiger partial charge in [-0.15, -0.1) is 0 Å². The maximum Gasteiger partial charge on any atom is 0.122 e. The largest absolute Gasteiger partial charge is 0.246 e. The van der Waals surface area contributed by atoms with Gasteiger partial charge in [-0.25, -0.2) is 8.78 Å². The second-order valence-corrected chi connectivity index (χ2v) is 3.77. The van der Waals surface area contributed by atoms with Crippen LogP contribution in [0.25, 0.3) is 0 Å². The molecule has 1 fully saturated rings. The first-order valence-electron chi connectivity index (χ1n) is 3.21. The lowest BCUT2D eigenvalue weighted by molar-refractivity contribution is 0.231. The SMILES string of the molecule is C=C1CC(F)C(Br)CC1F. The summed E-state index contributed by atoms with van der Waals surface area (Å²) in [4.78, 5) is -0.326. The van der Waals surface area contributed by atoms with Crippen LogP contribution in [0, 0.1) is 0 Å². The van der Waals surface area contributed by atoms with Crippen LogP contribution in [0.3, 0.4) is 0 Å². The first-order valence-corrected chi connectivity index (χ1v) is 4.12. The molecule has 0 bridgehead atoms. The number of halogens is 3. The lowest BCUT2D eigenvalue weighted by atomic mass is 9.93. The summed E-state index contributed by atoms with van der Waals surface area (Å²) in [6.07, 6.45) is -1.59. The predicted octanol–water partition coefficient (Wildman–Crippen LogP) is 2.78. The van der Waals surface area contributed by atoms with Crippen molar-refractivity contribution < 1.29 is 8.78 Å². The molecule has 0 amide bonds. The summed E-state index contributed by atoms with van der Waals surface area (Å²) in [5, 5.41) is 0. The van der Waals surface area contributed by atoms with E-state index in [1.165, 1.54) is 0 Å². The van der Waals surface area contributed by atoms with Crippen molar-refractivity contribution >= 4 is 15.9 Å². The van der Waals surface area contributed by atoms with Crippen LogP contribution < -0.4 is 0 Å². The van der Waals surface area contributed by atoms with Crippen LogP contribution in [0.5, 0.6) is 0 Å². The van der Waals surface area contributed by atoms with E-state index in [4.69, 9.17) is 0 Å². The highest BCUT2D eigenvalue weighted by Crippen LogP contribution is 2.31. The Morgan fingerprint density at radius 3 is 2.60 bits per heavy atom. The van der Waals surface area contributed by atoms with E-state index in [9.17, 15) is 8.78 Å². The summed E-state index contributed by atoms with van der Waals surface area (Å²) in [6, 6.07) is 0. The van der Waals surface area contributed by atoms with Crippen molar-refractivity contribution in [2.24, 2.45) is 0 Å². The molecule has 3 atom stereocenters. The molecule has 0 heterocycles. The van der Waals surface area contributed by atoms with Gasteiger partial charge in [0.05, 0.1) is 0 Å². The Hall–Kier alpha value is 0.0800. The summed E-state index contributed by atoms with van der Waals surface area (Å²) in [5.41, 5.74) is 0.392. The number of hydrogen-bond donors (Lipinski definition) is 0. The predicted molar refractivity (Wildman–Crippen MR) is 40.9 cm³/mol. The van der Waals surface area contributed by atoms with Gasteiger partial charge in [0.25, 0.3) is 0 Å². The zero-order valence-corrected chi connectivity index (χ0v) is 7.07. The van der Waals surface area contributed by atoms with Gasteiger partial charge in [0.1, 0.15) is 12.3 Å². The van der Waals surface area contributed by atoms with Crippen molar-refractivity contribution in [1.29, 1.82) is 0 Å². The second kappa shape index (κ2) is 2.99. The van der Waals surface area contributed by atoms with Crippen LogP contribution in [0.4, 0.5) is 8.78 Å². The molecule has 3 heteroatoms. The third-order valence-corrected chi connectivity index (χ3v) is 2.67. The van der Waals surface area contributed by atoms with Gasteiger partial charge >= 0.3 is 0 Å². The van der Waals surface area contributed by atoms with E-state index in [1.54, 1.807) is 0 Å². The molecule has 0 aromatic rings. The van der Waals surface area contributed by atoms with Gasteiger partial charge in [0.2, 0.25) is 0 Å². The lowest BCUT2D eigenvalue weighted by Gasteiger charge is -2.25. The maximum atomic E-state index is 12.7. The highest BCUT2D eigenvalue weighted by Gasteiger charge is 2.30. The standard InChI is InChI=1S/C7H9BrF2/c1-4-2-7(10)5(8)3-6(4)9/h5-7H,1-3H2. The molecule has 58 valence electrons. The second-order valence-electron chi connectivity index (χ2n) is 2.60. The minimum atomic E-state index is -1.02. The molecule has 0 N–H and O–H groups in total. The summed E-state index contributed by atoms with van der Waals surface area (Å²) < 4.78 is 25.4. The lowest BCUT2D eigenvalue weighted by Crippen LogP contribution is -2.28. The van der Waals surface area contributed by atoms with E-state index in [1.807, 2.05) is 0 Å². The smallest absolute Gasteiger partial charge is 0.122 e. The van der Waals surface area contributed by atoms with Crippen LogP contribution in [0.2, 0.25) is 0 Å². The zero-order valence-electron chi connectivity index (χ0n) is 5.49. The van der Waals surface area contributed by atoms with Crippen molar-refractivity contribution in [1.82, 2.24) is 0 Å². The van der Waals surface area contributed by atoms with E-state index in [-0.39, 0.29) is 17.7 Å². The van der Waals surface area contributed by atoms with Gasteiger partial charge in [-0.2, -0.15) is 0 Å². The van der Waals surface area contributed by atoms with E-state index in [0.29, 0.717) is 5.57 Å². The Bertz CT molecular complexity index is 147. The number of allylic oxidation sites excluding steroid dienone is 1. The Morgan fingerprint density at radius 2 is 2.10 bits per heavy atom. The summed E-state index contributed by atoms with van der Waals surface area (Å²) >= 11 is 3.07. The average molecular weight is 211 g/mol. The topological polar surface area (TPSA) is 0 Å². The molecule has 1 saturated carbocycles. The molecule has 0 aromatic heterocycles. The summed E-state index contributed by atoms with van der Waals surface area (Å²) in [7, 11) is 0. The van der Waals surface area contributed by atoms with Gasteiger partial charge in [0, 0.05) is 11.2 Å². The molecule has 0 radical (unpaired) electrons. The molecule has 0 spiro atoms. The quantitative estimate of drug-likeness (QED) is 0.427. The van der Waals surface area contributed by atoms with Gasteiger partial charge in [-0.05, 0) is 12.0 Å². The molecule has 0 aromatic carbocycles. The Kier molecular flexibility index (Phi) is 2.45. The van der Waals surface area contributed by atoms with Gasteiger partial charge in [-0.1, -0.05) is 22.5 Å². The van der Waals surface area contributed by atoms with Gasteiger partial charge < -0.3 is 0 Å². The minimum Gasteiger partial charge on any atom is -0.246 e. The first-order chi connectivity index (χ1) is 4.61. The van der Waals surface area contributed by atoms with Crippen molar-refractivity contribution in [3.8, 4) is 0 Å². The van der Waals surface area contributed by atoms with Crippen molar-refractivity contribution in [3.05, 3.63) is 12.2 Å².